The standard InChI is InChI=1S/C49H41ClN2O8/c1-58-35-19-23-41(59-2)29(24-35)15-12-28-13-17-33(18-14-28)51-45(54)37-21-20-36-38(43(37)47(51)56)27-39-46(55)52(34-11-7-10-32(50)26-34)48(57)49(39,31-8-5-4-6-9-31)44(36)30-16-22-40(53)42(25-30)60-3/h4-20,22-26,37-39,43-44,53H,21,27H2,1-3H3. The van der Waals surface area contributed by atoms with Gasteiger partial charge in [-0.1, -0.05) is 90.0 Å². The first-order valence-electron chi connectivity index (χ1n) is 19.7. The van der Waals surface area contributed by atoms with Gasteiger partial charge in [0, 0.05) is 16.5 Å². The number of aromatic hydroxyl groups is 1. The highest BCUT2D eigenvalue weighted by molar-refractivity contribution is 6.32. The van der Waals surface area contributed by atoms with Crippen LogP contribution in [0.25, 0.3) is 12.2 Å². The molecule has 4 aliphatic rings. The second-order valence-corrected chi connectivity index (χ2v) is 16.0. The fourth-order valence-corrected chi connectivity index (χ4v) is 10.3. The third kappa shape index (κ3) is 6.00. The Morgan fingerprint density at radius 2 is 1.47 bits per heavy atom. The van der Waals surface area contributed by atoms with Gasteiger partial charge < -0.3 is 19.3 Å². The molecule has 2 aliphatic heterocycles. The van der Waals surface area contributed by atoms with E-state index in [0.29, 0.717) is 39.0 Å². The average Bonchev–Trinajstić information content (AvgIpc) is 3.66. The summed E-state index contributed by atoms with van der Waals surface area (Å²) in [5.74, 6) is -3.69. The van der Waals surface area contributed by atoms with Crippen molar-refractivity contribution in [2.45, 2.75) is 24.2 Å². The lowest BCUT2D eigenvalue weighted by Crippen LogP contribution is -2.53. The summed E-state index contributed by atoms with van der Waals surface area (Å²) >= 11 is 6.44. The lowest BCUT2D eigenvalue weighted by molar-refractivity contribution is -0.127. The summed E-state index contributed by atoms with van der Waals surface area (Å²) < 4.78 is 16.5. The number of fused-ring (bicyclic) bond motifs is 4. The predicted molar refractivity (Wildman–Crippen MR) is 228 cm³/mol. The minimum Gasteiger partial charge on any atom is -0.504 e. The van der Waals surface area contributed by atoms with Crippen molar-refractivity contribution in [3.05, 3.63) is 154 Å². The largest absolute Gasteiger partial charge is 0.504 e. The summed E-state index contributed by atoms with van der Waals surface area (Å²) in [6, 6.07) is 33.7. The Hall–Kier alpha value is -6.65. The Labute approximate surface area is 352 Å². The number of rotatable bonds is 9. The molecule has 0 spiro atoms. The fraction of sp³-hybridized carbons (Fsp3) is 0.224. The van der Waals surface area contributed by atoms with Crippen molar-refractivity contribution >= 4 is 58.8 Å². The van der Waals surface area contributed by atoms with Crippen LogP contribution in [0, 0.1) is 23.7 Å². The van der Waals surface area contributed by atoms with E-state index < -0.39 is 46.8 Å². The maximum atomic E-state index is 15.5. The summed E-state index contributed by atoms with van der Waals surface area (Å²) in [7, 11) is 4.66. The van der Waals surface area contributed by atoms with Gasteiger partial charge in [-0.25, -0.2) is 4.90 Å². The van der Waals surface area contributed by atoms with Gasteiger partial charge in [0.25, 0.3) is 0 Å². The number of allylic oxidation sites excluding steroid dienone is 2. The number of methoxy groups -OCH3 is 3. The maximum Gasteiger partial charge on any atom is 0.246 e. The van der Waals surface area contributed by atoms with Gasteiger partial charge in [-0.05, 0) is 96.1 Å². The number of amides is 4. The van der Waals surface area contributed by atoms with E-state index in [4.69, 9.17) is 25.8 Å². The molecule has 60 heavy (non-hydrogen) atoms. The molecule has 1 N–H and O–H groups in total. The van der Waals surface area contributed by atoms with Crippen molar-refractivity contribution in [3.8, 4) is 23.0 Å². The van der Waals surface area contributed by atoms with E-state index >= 15 is 9.59 Å². The van der Waals surface area contributed by atoms with Crippen molar-refractivity contribution in [1.29, 1.82) is 0 Å². The van der Waals surface area contributed by atoms with Crippen molar-refractivity contribution in [3.63, 3.8) is 0 Å². The second-order valence-electron chi connectivity index (χ2n) is 15.6. The van der Waals surface area contributed by atoms with Gasteiger partial charge in [0.1, 0.15) is 11.5 Å². The highest BCUT2D eigenvalue weighted by Gasteiger charge is 2.70. The number of imide groups is 2. The van der Waals surface area contributed by atoms with Crippen LogP contribution in [-0.4, -0.2) is 50.1 Å². The summed E-state index contributed by atoms with van der Waals surface area (Å²) in [5, 5.41) is 11.1. The molecule has 5 aromatic rings. The van der Waals surface area contributed by atoms with E-state index in [0.717, 1.165) is 16.7 Å². The summed E-state index contributed by atoms with van der Waals surface area (Å²) in [5.41, 5.74) is 3.08. The molecule has 2 heterocycles. The van der Waals surface area contributed by atoms with Crippen LogP contribution in [0.2, 0.25) is 5.02 Å². The second kappa shape index (κ2) is 15.2. The van der Waals surface area contributed by atoms with Crippen molar-refractivity contribution < 1.29 is 38.5 Å². The molecule has 0 bridgehead atoms. The molecular formula is C49H41ClN2O8. The molecule has 6 unspecified atom stereocenters. The molecule has 0 aromatic heterocycles. The number of benzene rings is 5. The van der Waals surface area contributed by atoms with Crippen LogP contribution >= 0.6 is 11.6 Å². The minimum absolute atomic E-state index is 0.0836. The lowest BCUT2D eigenvalue weighted by atomic mass is 9.49. The van der Waals surface area contributed by atoms with Crippen molar-refractivity contribution in [1.82, 2.24) is 0 Å². The third-order valence-electron chi connectivity index (χ3n) is 12.7. The van der Waals surface area contributed by atoms with Gasteiger partial charge in [-0.15, -0.1) is 0 Å². The van der Waals surface area contributed by atoms with E-state index in [-0.39, 0.29) is 36.2 Å². The molecular weight excluding hydrogens is 780 g/mol. The van der Waals surface area contributed by atoms with Crippen LogP contribution < -0.4 is 24.0 Å². The van der Waals surface area contributed by atoms with Crippen LogP contribution in [0.5, 0.6) is 23.0 Å². The highest BCUT2D eigenvalue weighted by Crippen LogP contribution is 2.65. The molecule has 3 fully saturated rings. The predicted octanol–water partition coefficient (Wildman–Crippen LogP) is 8.61. The zero-order valence-electron chi connectivity index (χ0n) is 33.1. The molecule has 11 heteroatoms. The number of halogens is 1. The number of hydrogen-bond donors (Lipinski definition) is 1. The number of hydrogen-bond acceptors (Lipinski definition) is 8. The average molecular weight is 821 g/mol. The molecule has 6 atom stereocenters. The number of carbonyl (C=O) groups is 4. The summed E-state index contributed by atoms with van der Waals surface area (Å²) in [4.78, 5) is 62.2. The molecule has 0 radical (unpaired) electrons. The van der Waals surface area contributed by atoms with Crippen molar-refractivity contribution in [2.24, 2.45) is 23.7 Å². The SMILES string of the molecule is COc1ccc(OC)c(C=Cc2ccc(N3C(=O)C4CC=C5C(CC6C(=O)N(c7cccc(Cl)c7)C(=O)C6(c6ccccc6)C5c5ccc(O)c(OC)c5)C4C3=O)cc2)c1. The van der Waals surface area contributed by atoms with E-state index in [9.17, 15) is 14.7 Å². The Morgan fingerprint density at radius 1 is 0.700 bits per heavy atom. The number of phenols is 1. The van der Waals surface area contributed by atoms with E-state index in [2.05, 4.69) is 0 Å². The number of anilines is 2. The normalized spacial score (nSPS) is 24.6. The van der Waals surface area contributed by atoms with Crippen LogP contribution in [0.15, 0.2) is 127 Å². The van der Waals surface area contributed by atoms with Crippen LogP contribution in [0.4, 0.5) is 11.4 Å². The minimum atomic E-state index is -1.46. The molecule has 2 aliphatic carbocycles. The maximum absolute atomic E-state index is 15.5. The molecule has 5 aromatic carbocycles. The molecule has 1 saturated carbocycles. The van der Waals surface area contributed by atoms with Gasteiger partial charge in [-0.3, -0.25) is 24.1 Å². The first kappa shape index (κ1) is 38.8. The smallest absolute Gasteiger partial charge is 0.246 e. The number of phenolic OH excluding ortho intramolecular Hbond substituents is 1. The Kier molecular flexibility index (Phi) is 9.83. The molecule has 4 amide bonds. The summed E-state index contributed by atoms with van der Waals surface area (Å²) in [6.45, 7) is 0. The van der Waals surface area contributed by atoms with E-state index in [1.807, 2.05) is 78.9 Å². The molecule has 2 saturated heterocycles. The fourth-order valence-electron chi connectivity index (χ4n) is 10.1. The van der Waals surface area contributed by atoms with Gasteiger partial charge in [-0.2, -0.15) is 0 Å². The Morgan fingerprint density at radius 3 is 2.18 bits per heavy atom. The monoisotopic (exact) mass is 820 g/mol. The zero-order valence-corrected chi connectivity index (χ0v) is 33.8. The summed E-state index contributed by atoms with van der Waals surface area (Å²) in [6.07, 6.45) is 6.25. The first-order valence-corrected chi connectivity index (χ1v) is 20.1. The number of ether oxygens (including phenoxy) is 3. The van der Waals surface area contributed by atoms with Crippen LogP contribution in [0.1, 0.15) is 41.0 Å². The Balaban J connectivity index is 1.13. The van der Waals surface area contributed by atoms with Crippen LogP contribution in [-0.2, 0) is 24.6 Å². The van der Waals surface area contributed by atoms with Gasteiger partial charge in [0.2, 0.25) is 23.6 Å². The highest BCUT2D eigenvalue weighted by atomic mass is 35.5. The van der Waals surface area contributed by atoms with E-state index in [1.165, 1.54) is 23.0 Å². The van der Waals surface area contributed by atoms with Gasteiger partial charge in [0.05, 0.1) is 55.9 Å². The first-order chi connectivity index (χ1) is 29.1. The lowest BCUT2D eigenvalue weighted by Gasteiger charge is -2.50. The van der Waals surface area contributed by atoms with E-state index in [1.54, 1.807) is 62.8 Å². The molecule has 9 rings (SSSR count). The quantitative estimate of drug-likeness (QED) is 0.0892. The van der Waals surface area contributed by atoms with Crippen molar-refractivity contribution in [2.75, 3.05) is 31.1 Å². The third-order valence-corrected chi connectivity index (χ3v) is 13.0. The Bertz CT molecular complexity index is 2620. The number of nitrogens with zero attached hydrogens (tertiary/aromatic N) is 2. The van der Waals surface area contributed by atoms with Gasteiger partial charge in [0.15, 0.2) is 11.5 Å². The molecule has 10 nitrogen and oxygen atoms in total. The topological polar surface area (TPSA) is 123 Å². The molecule has 302 valence electrons. The number of carbonyl (C=O) groups excluding carboxylic acids is 4. The van der Waals surface area contributed by atoms with Gasteiger partial charge >= 0.3 is 0 Å². The van der Waals surface area contributed by atoms with Crippen LogP contribution in [0.3, 0.4) is 0 Å². The zero-order chi connectivity index (χ0) is 41.9.